The third-order valence-corrected chi connectivity index (χ3v) is 4.62. The van der Waals surface area contributed by atoms with Crippen LogP contribution >= 0.6 is 15.9 Å². The first-order valence-corrected chi connectivity index (χ1v) is 8.44. The molecule has 4 aromatic rings. The van der Waals surface area contributed by atoms with Gasteiger partial charge in [-0.1, -0.05) is 12.1 Å². The third kappa shape index (κ3) is 2.63. The van der Waals surface area contributed by atoms with Crippen molar-refractivity contribution in [1.82, 2.24) is 9.97 Å². The first-order chi connectivity index (χ1) is 12.1. The lowest BCUT2D eigenvalue weighted by Gasteiger charge is -2.02. The van der Waals surface area contributed by atoms with Crippen molar-refractivity contribution >= 4 is 43.7 Å². The van der Waals surface area contributed by atoms with Crippen LogP contribution in [0.4, 0.5) is 0 Å². The number of benzene rings is 2. The van der Waals surface area contributed by atoms with Gasteiger partial charge in [-0.15, -0.1) is 0 Å². The molecule has 2 aromatic carbocycles. The molecule has 1 atom stereocenters. The van der Waals surface area contributed by atoms with Crippen LogP contribution in [0.1, 0.15) is 27.9 Å². The van der Waals surface area contributed by atoms with Gasteiger partial charge in [0, 0.05) is 5.39 Å². The molecule has 122 valence electrons. The Labute approximate surface area is 151 Å². The van der Waals surface area contributed by atoms with E-state index in [1.807, 2.05) is 49.4 Å². The fourth-order valence-corrected chi connectivity index (χ4v) is 3.54. The number of ketones is 1. The number of nitriles is 1. The summed E-state index contributed by atoms with van der Waals surface area (Å²) >= 11 is 3.44. The van der Waals surface area contributed by atoms with E-state index < -0.39 is 11.7 Å². The molecule has 0 unspecified atom stereocenters. The number of imidazole rings is 1. The normalized spacial score (nSPS) is 12.4. The maximum Gasteiger partial charge on any atom is 0.222 e. The number of rotatable bonds is 3. The van der Waals surface area contributed by atoms with Crippen LogP contribution in [0.2, 0.25) is 0 Å². The van der Waals surface area contributed by atoms with Gasteiger partial charge in [0.05, 0.1) is 21.6 Å². The average Bonchev–Trinajstić information content (AvgIpc) is 3.19. The molecule has 2 aromatic heterocycles. The van der Waals surface area contributed by atoms with Gasteiger partial charge in [-0.05, 0) is 58.7 Å². The number of halogens is 1. The molecule has 0 radical (unpaired) electrons. The number of fused-ring (bicyclic) bond motifs is 2. The van der Waals surface area contributed by atoms with Gasteiger partial charge in [-0.3, -0.25) is 4.79 Å². The predicted molar refractivity (Wildman–Crippen MR) is 97.4 cm³/mol. The van der Waals surface area contributed by atoms with E-state index in [2.05, 4.69) is 25.9 Å². The zero-order valence-electron chi connectivity index (χ0n) is 13.2. The van der Waals surface area contributed by atoms with Crippen LogP contribution in [0.3, 0.4) is 0 Å². The van der Waals surface area contributed by atoms with Crippen LogP contribution in [-0.4, -0.2) is 15.8 Å². The van der Waals surface area contributed by atoms with Crippen molar-refractivity contribution in [1.29, 1.82) is 5.26 Å². The van der Waals surface area contributed by atoms with E-state index in [1.165, 1.54) is 0 Å². The van der Waals surface area contributed by atoms with Crippen LogP contribution < -0.4 is 0 Å². The Balaban J connectivity index is 1.78. The molecule has 5 nitrogen and oxygen atoms in total. The average molecular weight is 394 g/mol. The summed E-state index contributed by atoms with van der Waals surface area (Å²) in [7, 11) is 0. The molecule has 6 heteroatoms. The molecular weight excluding hydrogens is 382 g/mol. The van der Waals surface area contributed by atoms with E-state index in [1.54, 1.807) is 6.07 Å². The van der Waals surface area contributed by atoms with Crippen LogP contribution in [0.15, 0.2) is 51.4 Å². The topological polar surface area (TPSA) is 82.7 Å². The van der Waals surface area contributed by atoms with Gasteiger partial charge in [0.15, 0.2) is 11.7 Å². The minimum Gasteiger partial charge on any atom is -0.452 e. The number of carbonyl (C=O) groups is 1. The zero-order valence-corrected chi connectivity index (χ0v) is 14.8. The van der Waals surface area contributed by atoms with Gasteiger partial charge in [0.1, 0.15) is 11.4 Å². The molecule has 0 fully saturated rings. The molecule has 0 bridgehead atoms. The summed E-state index contributed by atoms with van der Waals surface area (Å²) in [6.07, 6.45) is 0. The number of nitrogens with zero attached hydrogens (tertiary/aromatic N) is 2. The summed E-state index contributed by atoms with van der Waals surface area (Å²) in [6.45, 7) is 1.96. The van der Waals surface area contributed by atoms with Crippen LogP contribution in [-0.2, 0) is 0 Å². The number of aromatic nitrogens is 2. The summed E-state index contributed by atoms with van der Waals surface area (Å²) in [6, 6.07) is 15.0. The summed E-state index contributed by atoms with van der Waals surface area (Å²) < 4.78 is 6.48. The first kappa shape index (κ1) is 15.6. The Kier molecular flexibility index (Phi) is 3.66. The van der Waals surface area contributed by atoms with Crippen LogP contribution in [0.5, 0.6) is 0 Å². The number of H-pyrrole nitrogens is 1. The van der Waals surface area contributed by atoms with E-state index in [-0.39, 0.29) is 5.76 Å². The van der Waals surface area contributed by atoms with Crippen LogP contribution in [0, 0.1) is 18.3 Å². The smallest absolute Gasteiger partial charge is 0.222 e. The quantitative estimate of drug-likeness (QED) is 0.503. The molecule has 0 aliphatic heterocycles. The summed E-state index contributed by atoms with van der Waals surface area (Å²) in [5.74, 6) is -0.993. The van der Waals surface area contributed by atoms with Crippen molar-refractivity contribution < 1.29 is 9.21 Å². The molecule has 4 rings (SSSR count). The second kappa shape index (κ2) is 5.87. The zero-order chi connectivity index (χ0) is 17.6. The number of para-hydroxylation sites is 2. The lowest BCUT2D eigenvalue weighted by atomic mass is 10.0. The predicted octanol–water partition coefficient (Wildman–Crippen LogP) is 4.87. The highest BCUT2D eigenvalue weighted by molar-refractivity contribution is 9.10. The summed E-state index contributed by atoms with van der Waals surface area (Å²) in [4.78, 5) is 20.2. The van der Waals surface area contributed by atoms with Crippen molar-refractivity contribution in [3.05, 3.63) is 64.1 Å². The highest BCUT2D eigenvalue weighted by Crippen LogP contribution is 2.31. The largest absolute Gasteiger partial charge is 0.452 e. The Morgan fingerprint density at radius 2 is 2.12 bits per heavy atom. The number of hydrogen-bond donors (Lipinski definition) is 1. The lowest BCUT2D eigenvalue weighted by Crippen LogP contribution is -2.12. The van der Waals surface area contributed by atoms with Gasteiger partial charge in [-0.2, -0.15) is 5.26 Å². The maximum absolute atomic E-state index is 12.8. The molecular formula is C19H12BrN3O2. The van der Waals surface area contributed by atoms with Gasteiger partial charge < -0.3 is 9.40 Å². The molecule has 0 aliphatic carbocycles. The summed E-state index contributed by atoms with van der Waals surface area (Å²) in [5.41, 5.74) is 3.14. The minimum atomic E-state index is -1.05. The van der Waals surface area contributed by atoms with Crippen molar-refractivity contribution in [3.63, 3.8) is 0 Å². The second-order valence-electron chi connectivity index (χ2n) is 5.84. The Bertz CT molecular complexity index is 1130. The first-order valence-electron chi connectivity index (χ1n) is 7.65. The highest BCUT2D eigenvalue weighted by atomic mass is 79.9. The molecule has 0 spiro atoms. The van der Waals surface area contributed by atoms with Gasteiger partial charge >= 0.3 is 0 Å². The lowest BCUT2D eigenvalue weighted by molar-refractivity contribution is 0.0951. The van der Waals surface area contributed by atoms with Crippen molar-refractivity contribution in [2.24, 2.45) is 0 Å². The standard InChI is InChI=1S/C19H12BrN3O2/c1-10-6-11-8-16(25-18(11)13(20)7-10)17(24)12(9-21)19-22-14-4-2-3-5-15(14)23-19/h2-8,12H,1H3,(H,22,23)/t12-/m1/s1. The molecule has 1 N–H and O–H groups in total. The number of nitrogens with one attached hydrogen (secondary N) is 1. The van der Waals surface area contributed by atoms with Crippen molar-refractivity contribution in [2.75, 3.05) is 0 Å². The van der Waals surface area contributed by atoms with E-state index >= 15 is 0 Å². The SMILES string of the molecule is Cc1cc(Br)c2oc(C(=O)[C@@H](C#N)c3nc4ccccc4[nH]3)cc2c1. The summed E-state index contributed by atoms with van der Waals surface area (Å²) in [5, 5.41) is 10.3. The van der Waals surface area contributed by atoms with E-state index in [9.17, 15) is 10.1 Å². The Morgan fingerprint density at radius 1 is 1.32 bits per heavy atom. The fraction of sp³-hybridized carbons (Fsp3) is 0.105. The van der Waals surface area contributed by atoms with Gasteiger partial charge in [0.25, 0.3) is 0 Å². The van der Waals surface area contributed by atoms with Crippen molar-refractivity contribution in [2.45, 2.75) is 12.8 Å². The van der Waals surface area contributed by atoms with Crippen molar-refractivity contribution in [3.8, 4) is 6.07 Å². The van der Waals surface area contributed by atoms with Gasteiger partial charge in [0.2, 0.25) is 5.78 Å². The number of hydrogen-bond acceptors (Lipinski definition) is 4. The molecule has 25 heavy (non-hydrogen) atoms. The maximum atomic E-state index is 12.8. The Hall–Kier alpha value is -2.91. The third-order valence-electron chi connectivity index (χ3n) is 4.03. The number of carbonyl (C=O) groups excluding carboxylic acids is 1. The van der Waals surface area contributed by atoms with E-state index in [0.717, 1.165) is 20.9 Å². The number of Topliss-reactive ketones (excluding diaryl/α,β-unsaturated/α-hetero) is 1. The Morgan fingerprint density at radius 3 is 2.88 bits per heavy atom. The van der Waals surface area contributed by atoms with E-state index in [0.29, 0.717) is 16.9 Å². The second-order valence-corrected chi connectivity index (χ2v) is 6.70. The monoisotopic (exact) mass is 393 g/mol. The fourth-order valence-electron chi connectivity index (χ4n) is 2.87. The number of furan rings is 1. The van der Waals surface area contributed by atoms with Crippen LogP contribution in [0.25, 0.3) is 22.0 Å². The number of aryl methyl sites for hydroxylation is 1. The van der Waals surface area contributed by atoms with Gasteiger partial charge in [-0.25, -0.2) is 4.98 Å². The molecule has 0 saturated heterocycles. The number of aromatic amines is 1. The minimum absolute atomic E-state index is 0.147. The molecule has 0 aliphatic rings. The highest BCUT2D eigenvalue weighted by Gasteiger charge is 2.28. The molecule has 0 amide bonds. The molecule has 2 heterocycles. The van der Waals surface area contributed by atoms with E-state index in [4.69, 9.17) is 4.42 Å². The molecule has 0 saturated carbocycles.